The zero-order chi connectivity index (χ0) is 18.9. The normalized spacial score (nSPS) is 11.7. The van der Waals surface area contributed by atoms with Crippen molar-refractivity contribution in [3.05, 3.63) is 51.8 Å². The molecule has 142 valence electrons. The Morgan fingerprint density at radius 3 is 2.62 bits per heavy atom. The molecule has 0 aliphatic carbocycles. The van der Waals surface area contributed by atoms with E-state index in [0.717, 1.165) is 41.0 Å². The number of benzene rings is 1. The smallest absolute Gasteiger partial charge is 0.191 e. The van der Waals surface area contributed by atoms with E-state index in [1.165, 1.54) is 5.56 Å². The molecule has 0 radical (unpaired) electrons. The van der Waals surface area contributed by atoms with E-state index in [1.54, 1.807) is 7.11 Å². The molecule has 1 aromatic heterocycles. The second kappa shape index (κ2) is 10.2. The van der Waals surface area contributed by atoms with Crippen LogP contribution in [0.1, 0.15) is 29.4 Å². The van der Waals surface area contributed by atoms with Crippen molar-refractivity contribution in [1.82, 2.24) is 20.4 Å². The molecule has 0 bridgehead atoms. The summed E-state index contributed by atoms with van der Waals surface area (Å²) in [5.41, 5.74) is 4.49. The van der Waals surface area contributed by atoms with Crippen LogP contribution in [-0.2, 0) is 24.4 Å². The summed E-state index contributed by atoms with van der Waals surface area (Å²) in [6.07, 6.45) is 0. The van der Waals surface area contributed by atoms with Crippen molar-refractivity contribution in [2.75, 3.05) is 20.3 Å². The molecule has 1 heterocycles. The van der Waals surface area contributed by atoms with Gasteiger partial charge in [0.05, 0.1) is 25.4 Å². The molecule has 0 aliphatic rings. The maximum Gasteiger partial charge on any atom is 0.191 e. The Labute approximate surface area is 160 Å². The Bertz CT molecular complexity index is 724. The van der Waals surface area contributed by atoms with Gasteiger partial charge in [-0.05, 0) is 38.5 Å². The number of methoxy groups -OCH3 is 1. The number of ether oxygens (including phenoxy) is 1. The van der Waals surface area contributed by atoms with E-state index >= 15 is 0 Å². The number of hydrogen-bond acceptors (Lipinski definition) is 3. The summed E-state index contributed by atoms with van der Waals surface area (Å²) in [6, 6.07) is 7.74. The Morgan fingerprint density at radius 1 is 1.23 bits per heavy atom. The van der Waals surface area contributed by atoms with E-state index in [0.29, 0.717) is 19.7 Å². The highest BCUT2D eigenvalue weighted by molar-refractivity contribution is 6.30. The van der Waals surface area contributed by atoms with Crippen molar-refractivity contribution in [2.24, 2.45) is 4.99 Å². The first kappa shape index (κ1) is 20.3. The van der Waals surface area contributed by atoms with Gasteiger partial charge in [-0.25, -0.2) is 4.99 Å². The Morgan fingerprint density at radius 2 is 1.96 bits per heavy atom. The van der Waals surface area contributed by atoms with Crippen LogP contribution in [0.4, 0.5) is 0 Å². The van der Waals surface area contributed by atoms with Gasteiger partial charge < -0.3 is 15.4 Å². The van der Waals surface area contributed by atoms with Gasteiger partial charge in [-0.2, -0.15) is 5.10 Å². The van der Waals surface area contributed by atoms with Crippen LogP contribution < -0.4 is 10.6 Å². The quantitative estimate of drug-likeness (QED) is 0.548. The molecule has 2 aromatic rings. The molecule has 2 rings (SSSR count). The summed E-state index contributed by atoms with van der Waals surface area (Å²) >= 11 is 5.93. The van der Waals surface area contributed by atoms with Gasteiger partial charge in [0.1, 0.15) is 0 Å². The standard InChI is InChI=1S/C19H28ClN5O/c1-5-21-19(22-12-16-6-8-17(20)9-7-16)23-13-18-14(2)24-25(15(18)3)10-11-26-4/h6-9H,5,10-13H2,1-4H3,(H2,21,22,23). The average Bonchev–Trinajstić information content (AvgIpc) is 2.90. The molecule has 26 heavy (non-hydrogen) atoms. The van der Waals surface area contributed by atoms with Gasteiger partial charge >= 0.3 is 0 Å². The molecule has 0 atom stereocenters. The number of aromatic nitrogens is 2. The molecule has 6 nitrogen and oxygen atoms in total. The number of halogens is 1. The molecule has 0 fully saturated rings. The van der Waals surface area contributed by atoms with Crippen molar-refractivity contribution >= 4 is 17.6 Å². The molecule has 0 saturated heterocycles. The van der Waals surface area contributed by atoms with Crippen molar-refractivity contribution in [3.8, 4) is 0 Å². The zero-order valence-corrected chi connectivity index (χ0v) is 16.7. The first-order valence-electron chi connectivity index (χ1n) is 8.83. The first-order valence-corrected chi connectivity index (χ1v) is 9.21. The summed E-state index contributed by atoms with van der Waals surface area (Å²) in [5.74, 6) is 0.783. The third-order valence-corrected chi connectivity index (χ3v) is 4.40. The molecule has 0 saturated carbocycles. The van der Waals surface area contributed by atoms with Gasteiger partial charge in [-0.1, -0.05) is 23.7 Å². The summed E-state index contributed by atoms with van der Waals surface area (Å²) in [6.45, 7) is 9.66. The third-order valence-electron chi connectivity index (χ3n) is 4.15. The lowest BCUT2D eigenvalue weighted by Crippen LogP contribution is -2.37. The third kappa shape index (κ3) is 5.75. The van der Waals surface area contributed by atoms with Crippen molar-refractivity contribution in [1.29, 1.82) is 0 Å². The lowest BCUT2D eigenvalue weighted by molar-refractivity contribution is 0.182. The van der Waals surface area contributed by atoms with Crippen LogP contribution in [0.25, 0.3) is 0 Å². The maximum absolute atomic E-state index is 5.93. The maximum atomic E-state index is 5.93. The highest BCUT2D eigenvalue weighted by Crippen LogP contribution is 2.13. The first-order chi connectivity index (χ1) is 12.5. The highest BCUT2D eigenvalue weighted by atomic mass is 35.5. The molecule has 7 heteroatoms. The average molecular weight is 378 g/mol. The van der Waals surface area contributed by atoms with Crippen molar-refractivity contribution in [3.63, 3.8) is 0 Å². The monoisotopic (exact) mass is 377 g/mol. The SMILES string of the molecule is CCNC(=NCc1ccc(Cl)cc1)NCc1c(C)nn(CCOC)c1C. The Balaban J connectivity index is 2.02. The van der Waals surface area contributed by atoms with Gasteiger partial charge in [0.15, 0.2) is 5.96 Å². The number of hydrogen-bond donors (Lipinski definition) is 2. The molecular weight excluding hydrogens is 350 g/mol. The number of nitrogens with zero attached hydrogens (tertiary/aromatic N) is 3. The summed E-state index contributed by atoms with van der Waals surface area (Å²) < 4.78 is 7.14. The summed E-state index contributed by atoms with van der Waals surface area (Å²) in [4.78, 5) is 4.65. The Hall–Kier alpha value is -2.05. The molecule has 1 aromatic carbocycles. The molecule has 2 N–H and O–H groups in total. The van der Waals surface area contributed by atoms with Crippen LogP contribution in [0.15, 0.2) is 29.3 Å². The largest absolute Gasteiger partial charge is 0.383 e. The van der Waals surface area contributed by atoms with Gasteiger partial charge in [-0.3, -0.25) is 4.68 Å². The minimum atomic E-state index is 0.595. The molecule has 0 unspecified atom stereocenters. The van der Waals surface area contributed by atoms with E-state index in [9.17, 15) is 0 Å². The van der Waals surface area contributed by atoms with E-state index in [2.05, 4.69) is 34.6 Å². The lowest BCUT2D eigenvalue weighted by Gasteiger charge is -2.12. The summed E-state index contributed by atoms with van der Waals surface area (Å²) in [7, 11) is 1.70. The fourth-order valence-corrected chi connectivity index (χ4v) is 2.79. The number of nitrogens with one attached hydrogen (secondary N) is 2. The second-order valence-corrected chi connectivity index (χ2v) is 6.48. The number of aryl methyl sites for hydroxylation is 1. The van der Waals surface area contributed by atoms with Gasteiger partial charge in [0, 0.05) is 36.5 Å². The van der Waals surface area contributed by atoms with Crippen LogP contribution in [0.5, 0.6) is 0 Å². The van der Waals surface area contributed by atoms with Gasteiger partial charge in [-0.15, -0.1) is 0 Å². The topological polar surface area (TPSA) is 63.5 Å². The second-order valence-electron chi connectivity index (χ2n) is 6.04. The van der Waals surface area contributed by atoms with Crippen LogP contribution in [0.3, 0.4) is 0 Å². The van der Waals surface area contributed by atoms with E-state index in [1.807, 2.05) is 35.9 Å². The number of rotatable bonds is 8. The number of guanidine groups is 1. The molecular formula is C19H28ClN5O. The van der Waals surface area contributed by atoms with Crippen molar-refractivity contribution < 1.29 is 4.74 Å². The molecule has 0 amide bonds. The summed E-state index contributed by atoms with van der Waals surface area (Å²) in [5, 5.41) is 12.0. The molecule has 0 spiro atoms. The van der Waals surface area contributed by atoms with E-state index in [4.69, 9.17) is 16.3 Å². The minimum absolute atomic E-state index is 0.595. The predicted molar refractivity (Wildman–Crippen MR) is 107 cm³/mol. The predicted octanol–water partition coefficient (Wildman–Crippen LogP) is 3.06. The van der Waals surface area contributed by atoms with E-state index < -0.39 is 0 Å². The number of aliphatic imine (C=N–C) groups is 1. The van der Waals surface area contributed by atoms with Crippen LogP contribution in [-0.4, -0.2) is 36.0 Å². The van der Waals surface area contributed by atoms with Crippen LogP contribution in [0.2, 0.25) is 5.02 Å². The zero-order valence-electron chi connectivity index (χ0n) is 16.0. The fraction of sp³-hybridized carbons (Fsp3) is 0.474. The highest BCUT2D eigenvalue weighted by Gasteiger charge is 2.11. The fourth-order valence-electron chi connectivity index (χ4n) is 2.66. The lowest BCUT2D eigenvalue weighted by atomic mass is 10.2. The van der Waals surface area contributed by atoms with Gasteiger partial charge in [0.25, 0.3) is 0 Å². The Kier molecular flexibility index (Phi) is 7.94. The molecule has 0 aliphatic heterocycles. The van der Waals surface area contributed by atoms with Crippen LogP contribution >= 0.6 is 11.6 Å². The van der Waals surface area contributed by atoms with E-state index in [-0.39, 0.29) is 0 Å². The van der Waals surface area contributed by atoms with Crippen molar-refractivity contribution in [2.45, 2.75) is 40.4 Å². The van der Waals surface area contributed by atoms with Crippen LogP contribution in [0, 0.1) is 13.8 Å². The van der Waals surface area contributed by atoms with Gasteiger partial charge in [0.2, 0.25) is 0 Å². The minimum Gasteiger partial charge on any atom is -0.383 e.